The van der Waals surface area contributed by atoms with Crippen molar-refractivity contribution in [3.05, 3.63) is 71.9 Å². The highest BCUT2D eigenvalue weighted by atomic mass is 32.2. The zero-order chi connectivity index (χ0) is 28.5. The van der Waals surface area contributed by atoms with Crippen LogP contribution in [-0.4, -0.2) is 29.9 Å². The van der Waals surface area contributed by atoms with Crippen molar-refractivity contribution in [2.45, 2.75) is 50.6 Å². The highest BCUT2D eigenvalue weighted by Crippen LogP contribution is 2.39. The Hall–Kier alpha value is -3.47. The van der Waals surface area contributed by atoms with Gasteiger partial charge in [0.1, 0.15) is 11.6 Å². The number of benzene rings is 2. The molecular weight excluding hydrogens is 537 g/mol. The number of anilines is 1. The molecule has 1 atom stereocenters. The van der Waals surface area contributed by atoms with E-state index in [9.17, 15) is 30.4 Å². The first-order valence-electron chi connectivity index (χ1n) is 12.5. The molecule has 0 aliphatic carbocycles. The van der Waals surface area contributed by atoms with Gasteiger partial charge in [0.25, 0.3) is 0 Å². The summed E-state index contributed by atoms with van der Waals surface area (Å²) in [5.74, 6) is -2.74. The number of unbranched alkanes of at least 4 members (excludes halogenated alkanes) is 1. The van der Waals surface area contributed by atoms with Gasteiger partial charge in [0.05, 0.1) is 39.2 Å². The first kappa shape index (κ1) is 28.5. The molecule has 1 unspecified atom stereocenters. The summed E-state index contributed by atoms with van der Waals surface area (Å²) in [6.45, 7) is 2.88. The van der Waals surface area contributed by atoms with Crippen molar-refractivity contribution < 1.29 is 30.4 Å². The van der Waals surface area contributed by atoms with Crippen molar-refractivity contribution in [1.82, 2.24) is 9.55 Å². The lowest BCUT2D eigenvalue weighted by molar-refractivity contribution is -0.171. The number of pyridine rings is 1. The zero-order valence-electron chi connectivity index (χ0n) is 21.4. The summed E-state index contributed by atoms with van der Waals surface area (Å²) in [5, 5.41) is 0.399. The highest BCUT2D eigenvalue weighted by Gasteiger charge is 2.35. The van der Waals surface area contributed by atoms with Crippen molar-refractivity contribution in [2.75, 3.05) is 11.5 Å². The number of aryl methyl sites for hydroxylation is 1. The largest absolute Gasteiger partial charge is 0.396 e. The standard InChI is InChI=1S/C28H28F5N3O2S/c1-3-18-13-25-22(15-23(18)30)26(34)27(36(25)20-9-6-8-19(29)14-20)24-11-10-21(16-35-24)39(37,38)12-5-4-7-17(2)28(31,32)33/h6,8-11,13-17H,3-5,7,12,34H2,1-2H3. The monoisotopic (exact) mass is 565 g/mol. The summed E-state index contributed by atoms with van der Waals surface area (Å²) in [7, 11) is -3.79. The van der Waals surface area contributed by atoms with Crippen LogP contribution in [0, 0.1) is 17.6 Å². The molecule has 0 fully saturated rings. The van der Waals surface area contributed by atoms with Crippen LogP contribution in [0.5, 0.6) is 0 Å². The van der Waals surface area contributed by atoms with E-state index < -0.39 is 33.6 Å². The SMILES string of the molecule is CCc1cc2c(cc1F)c(N)c(-c1ccc(S(=O)(=O)CCCCC(C)C(F)(F)F)cn1)n2-c1cccc(F)c1. The van der Waals surface area contributed by atoms with E-state index in [0.717, 1.165) is 13.1 Å². The lowest BCUT2D eigenvalue weighted by atomic mass is 10.0. The number of nitrogens with zero attached hydrogens (tertiary/aromatic N) is 2. The molecule has 2 aromatic carbocycles. The molecule has 0 saturated carbocycles. The van der Waals surface area contributed by atoms with E-state index in [1.807, 2.05) is 6.92 Å². The van der Waals surface area contributed by atoms with Gasteiger partial charge in [-0.1, -0.05) is 26.3 Å². The summed E-state index contributed by atoms with van der Waals surface area (Å²) >= 11 is 0. The maximum atomic E-state index is 14.7. The Balaban J connectivity index is 1.69. The van der Waals surface area contributed by atoms with Gasteiger partial charge in [-0.3, -0.25) is 4.98 Å². The number of nitrogens with two attached hydrogens (primary N) is 1. The van der Waals surface area contributed by atoms with Gasteiger partial charge in [-0.25, -0.2) is 17.2 Å². The fourth-order valence-electron chi connectivity index (χ4n) is 4.51. The number of nitrogen functional groups attached to an aromatic ring is 1. The minimum absolute atomic E-state index is 0.0800. The maximum absolute atomic E-state index is 14.7. The number of hydrogen-bond acceptors (Lipinski definition) is 4. The third kappa shape index (κ3) is 5.93. The molecule has 208 valence electrons. The van der Waals surface area contributed by atoms with Gasteiger partial charge in [0, 0.05) is 17.3 Å². The van der Waals surface area contributed by atoms with Crippen LogP contribution >= 0.6 is 0 Å². The first-order valence-corrected chi connectivity index (χ1v) is 14.1. The second-order valence-corrected chi connectivity index (χ2v) is 11.6. The van der Waals surface area contributed by atoms with E-state index in [1.54, 1.807) is 16.7 Å². The number of sulfone groups is 1. The highest BCUT2D eigenvalue weighted by molar-refractivity contribution is 7.91. The van der Waals surface area contributed by atoms with Crippen molar-refractivity contribution in [2.24, 2.45) is 5.92 Å². The minimum Gasteiger partial charge on any atom is -0.396 e. The Bertz CT molecular complexity index is 1600. The third-order valence-electron chi connectivity index (χ3n) is 6.82. The first-order chi connectivity index (χ1) is 18.3. The smallest absolute Gasteiger partial charge is 0.391 e. The van der Waals surface area contributed by atoms with E-state index >= 15 is 0 Å². The number of hydrogen-bond donors (Lipinski definition) is 1. The Morgan fingerprint density at radius 3 is 2.41 bits per heavy atom. The average molecular weight is 566 g/mol. The lowest BCUT2D eigenvalue weighted by Gasteiger charge is -2.15. The van der Waals surface area contributed by atoms with Gasteiger partial charge in [-0.15, -0.1) is 0 Å². The molecule has 0 amide bonds. The maximum Gasteiger partial charge on any atom is 0.391 e. The van der Waals surface area contributed by atoms with Crippen LogP contribution in [-0.2, 0) is 16.3 Å². The van der Waals surface area contributed by atoms with E-state index in [2.05, 4.69) is 4.98 Å². The molecular formula is C28H28F5N3O2S. The summed E-state index contributed by atoms with van der Waals surface area (Å²) in [4.78, 5) is 4.24. The van der Waals surface area contributed by atoms with Gasteiger partial charge in [0.2, 0.25) is 0 Å². The molecule has 4 rings (SSSR count). The molecule has 11 heteroatoms. The zero-order valence-corrected chi connectivity index (χ0v) is 22.2. The molecule has 5 nitrogen and oxygen atoms in total. The molecule has 0 aliphatic heterocycles. The second kappa shape index (κ2) is 11.0. The van der Waals surface area contributed by atoms with Crippen LogP contribution in [0.25, 0.3) is 28.0 Å². The van der Waals surface area contributed by atoms with Crippen LogP contribution in [0.15, 0.2) is 59.6 Å². The number of aromatic nitrogens is 2. The van der Waals surface area contributed by atoms with E-state index in [4.69, 9.17) is 5.73 Å². The fraction of sp³-hybridized carbons (Fsp3) is 0.321. The van der Waals surface area contributed by atoms with Gasteiger partial charge >= 0.3 is 6.18 Å². The van der Waals surface area contributed by atoms with Crippen LogP contribution in [0.2, 0.25) is 0 Å². The Morgan fingerprint density at radius 1 is 1.05 bits per heavy atom. The Kier molecular flexibility index (Phi) is 8.02. The Labute approximate surface area is 223 Å². The van der Waals surface area contributed by atoms with E-state index in [0.29, 0.717) is 34.3 Å². The molecule has 39 heavy (non-hydrogen) atoms. The normalized spacial score (nSPS) is 13.2. The number of halogens is 5. The predicted octanol–water partition coefficient (Wildman–Crippen LogP) is 7.26. The van der Waals surface area contributed by atoms with Crippen molar-refractivity contribution in [3.63, 3.8) is 0 Å². The predicted molar refractivity (Wildman–Crippen MR) is 141 cm³/mol. The summed E-state index contributed by atoms with van der Waals surface area (Å²) in [6, 6.07) is 11.6. The lowest BCUT2D eigenvalue weighted by Crippen LogP contribution is -2.19. The fourth-order valence-corrected chi connectivity index (χ4v) is 5.82. The number of rotatable bonds is 9. The summed E-state index contributed by atoms with van der Waals surface area (Å²) in [6.07, 6.45) is -2.68. The molecule has 2 N–H and O–H groups in total. The van der Waals surface area contributed by atoms with Crippen LogP contribution in [0.1, 0.15) is 38.7 Å². The van der Waals surface area contributed by atoms with Crippen LogP contribution < -0.4 is 5.73 Å². The molecule has 0 aliphatic rings. The van der Waals surface area contributed by atoms with Crippen molar-refractivity contribution in [1.29, 1.82) is 0 Å². The Morgan fingerprint density at radius 2 is 1.79 bits per heavy atom. The third-order valence-corrected chi connectivity index (χ3v) is 8.60. The minimum atomic E-state index is -4.31. The quantitative estimate of drug-likeness (QED) is 0.171. The topological polar surface area (TPSA) is 78.0 Å². The molecule has 0 saturated heterocycles. The molecule has 0 bridgehead atoms. The molecule has 4 aromatic rings. The molecule has 2 heterocycles. The molecule has 2 aromatic heterocycles. The van der Waals surface area contributed by atoms with Gasteiger partial charge in [-0.2, -0.15) is 13.2 Å². The second-order valence-electron chi connectivity index (χ2n) is 9.53. The van der Waals surface area contributed by atoms with Crippen LogP contribution in [0.3, 0.4) is 0 Å². The summed E-state index contributed by atoms with van der Waals surface area (Å²) in [5.41, 5.74) is 8.67. The average Bonchev–Trinajstić information content (AvgIpc) is 3.16. The van der Waals surface area contributed by atoms with Gasteiger partial charge in [-0.05, 0) is 67.3 Å². The van der Waals surface area contributed by atoms with Gasteiger partial charge < -0.3 is 10.3 Å². The number of alkyl halides is 3. The molecule has 0 spiro atoms. The van der Waals surface area contributed by atoms with E-state index in [1.165, 1.54) is 36.4 Å². The van der Waals surface area contributed by atoms with Crippen LogP contribution in [0.4, 0.5) is 27.6 Å². The summed E-state index contributed by atoms with van der Waals surface area (Å²) < 4.78 is 94.1. The van der Waals surface area contributed by atoms with E-state index in [-0.39, 0.29) is 41.3 Å². The molecule has 0 radical (unpaired) electrons. The van der Waals surface area contributed by atoms with Gasteiger partial charge in [0.15, 0.2) is 9.84 Å². The number of fused-ring (bicyclic) bond motifs is 1. The van der Waals surface area contributed by atoms with Crippen molar-refractivity contribution >= 4 is 26.4 Å². The van der Waals surface area contributed by atoms with Crippen molar-refractivity contribution in [3.8, 4) is 17.1 Å².